The molecule has 1 aromatic carbocycles. The molecule has 16 heavy (non-hydrogen) atoms. The number of thiazole rings is 1. The number of aromatic nitrogens is 1. The summed E-state index contributed by atoms with van der Waals surface area (Å²) >= 11 is 4.73. The second-order valence-corrected chi connectivity index (χ2v) is 4.65. The quantitative estimate of drug-likeness (QED) is 0.912. The molecule has 6 heteroatoms. The first-order chi connectivity index (χ1) is 7.65. The first-order valence-corrected chi connectivity index (χ1v) is 6.04. The highest BCUT2D eigenvalue weighted by Crippen LogP contribution is 2.23. The van der Waals surface area contributed by atoms with Crippen LogP contribution in [0.15, 0.2) is 34.2 Å². The minimum atomic E-state index is -0.927. The summed E-state index contributed by atoms with van der Waals surface area (Å²) in [5, 5.41) is 14.4. The normalized spacial score (nSPS) is 10.1. The second-order valence-electron chi connectivity index (χ2n) is 2.98. The fourth-order valence-electron chi connectivity index (χ4n) is 1.13. The molecular formula is C10H7BrN2O2S. The predicted octanol–water partition coefficient (Wildman–Crippen LogP) is 3.35. The molecule has 2 rings (SSSR count). The van der Waals surface area contributed by atoms with Crippen molar-refractivity contribution in [2.24, 2.45) is 0 Å². The Bertz CT molecular complexity index is 510. The fourth-order valence-corrected chi connectivity index (χ4v) is 2.30. The summed E-state index contributed by atoms with van der Waals surface area (Å²) in [6.07, 6.45) is 0. The number of carboxylic acid groups (broad SMARTS) is 1. The molecular weight excluding hydrogens is 292 g/mol. The molecule has 0 spiro atoms. The van der Waals surface area contributed by atoms with Gasteiger partial charge in [-0.3, -0.25) is 0 Å². The number of hydrogen-bond donors (Lipinski definition) is 2. The SMILES string of the molecule is O=C(O)c1ccc(Nc2nc(Br)cs2)cc1. The molecule has 2 N–H and O–H groups in total. The largest absolute Gasteiger partial charge is 0.478 e. The van der Waals surface area contributed by atoms with Crippen molar-refractivity contribution in [2.75, 3.05) is 5.32 Å². The Kier molecular flexibility index (Phi) is 3.21. The smallest absolute Gasteiger partial charge is 0.335 e. The van der Waals surface area contributed by atoms with Crippen LogP contribution in [0.3, 0.4) is 0 Å². The third-order valence-electron chi connectivity index (χ3n) is 1.86. The second kappa shape index (κ2) is 4.63. The average molecular weight is 299 g/mol. The molecule has 0 aliphatic heterocycles. The number of nitrogens with one attached hydrogen (secondary N) is 1. The van der Waals surface area contributed by atoms with Crippen molar-refractivity contribution in [3.05, 3.63) is 39.8 Å². The molecule has 4 nitrogen and oxygen atoms in total. The number of rotatable bonds is 3. The highest BCUT2D eigenvalue weighted by Gasteiger charge is 2.03. The number of anilines is 2. The Labute approximate surface area is 104 Å². The lowest BCUT2D eigenvalue weighted by Gasteiger charge is -2.02. The van der Waals surface area contributed by atoms with Crippen LogP contribution >= 0.6 is 27.3 Å². The number of benzene rings is 1. The van der Waals surface area contributed by atoms with Gasteiger partial charge in [-0.05, 0) is 40.2 Å². The van der Waals surface area contributed by atoms with Gasteiger partial charge in [-0.25, -0.2) is 9.78 Å². The van der Waals surface area contributed by atoms with Gasteiger partial charge in [-0.15, -0.1) is 11.3 Å². The van der Waals surface area contributed by atoms with Crippen LogP contribution in [0.25, 0.3) is 0 Å². The van der Waals surface area contributed by atoms with E-state index >= 15 is 0 Å². The van der Waals surface area contributed by atoms with Crippen LogP contribution in [0.1, 0.15) is 10.4 Å². The van der Waals surface area contributed by atoms with Crippen LogP contribution in [-0.2, 0) is 0 Å². The van der Waals surface area contributed by atoms with Gasteiger partial charge in [0.2, 0.25) is 0 Å². The third-order valence-corrected chi connectivity index (χ3v) is 3.33. The predicted molar refractivity (Wildman–Crippen MR) is 66.5 cm³/mol. The maximum Gasteiger partial charge on any atom is 0.335 e. The number of carboxylic acids is 1. The Balaban J connectivity index is 2.14. The summed E-state index contributed by atoms with van der Waals surface area (Å²) in [5.41, 5.74) is 1.08. The van der Waals surface area contributed by atoms with E-state index in [0.29, 0.717) is 0 Å². The van der Waals surface area contributed by atoms with Crippen molar-refractivity contribution in [1.82, 2.24) is 4.98 Å². The molecule has 2 aromatic rings. The monoisotopic (exact) mass is 298 g/mol. The van der Waals surface area contributed by atoms with Gasteiger partial charge in [0.15, 0.2) is 5.13 Å². The minimum Gasteiger partial charge on any atom is -0.478 e. The summed E-state index contributed by atoms with van der Waals surface area (Å²) in [6.45, 7) is 0. The highest BCUT2D eigenvalue weighted by molar-refractivity contribution is 9.10. The van der Waals surface area contributed by atoms with Crippen molar-refractivity contribution in [3.8, 4) is 0 Å². The van der Waals surface area contributed by atoms with Crippen LogP contribution in [-0.4, -0.2) is 16.1 Å². The molecule has 0 atom stereocenters. The van der Waals surface area contributed by atoms with E-state index in [1.807, 2.05) is 5.38 Å². The van der Waals surface area contributed by atoms with Crippen LogP contribution in [0.2, 0.25) is 0 Å². The molecule has 0 unspecified atom stereocenters. The van der Waals surface area contributed by atoms with Gasteiger partial charge in [0.05, 0.1) is 5.56 Å². The molecule has 0 radical (unpaired) electrons. The summed E-state index contributed by atoms with van der Waals surface area (Å²) < 4.78 is 0.780. The number of nitrogens with zero attached hydrogens (tertiary/aromatic N) is 1. The zero-order valence-corrected chi connectivity index (χ0v) is 10.4. The fraction of sp³-hybridized carbons (Fsp3) is 0. The highest BCUT2D eigenvalue weighted by atomic mass is 79.9. The number of halogens is 1. The van der Waals surface area contributed by atoms with Crippen LogP contribution in [0.4, 0.5) is 10.8 Å². The molecule has 0 saturated carbocycles. The van der Waals surface area contributed by atoms with Crippen molar-refractivity contribution in [3.63, 3.8) is 0 Å². The first-order valence-electron chi connectivity index (χ1n) is 4.36. The lowest BCUT2D eigenvalue weighted by atomic mass is 10.2. The van der Waals surface area contributed by atoms with E-state index in [4.69, 9.17) is 5.11 Å². The number of aromatic carboxylic acids is 1. The van der Waals surface area contributed by atoms with E-state index in [2.05, 4.69) is 26.2 Å². The molecule has 1 aromatic heterocycles. The van der Waals surface area contributed by atoms with Crippen LogP contribution in [0, 0.1) is 0 Å². The van der Waals surface area contributed by atoms with Gasteiger partial charge in [0.1, 0.15) is 4.60 Å². The van der Waals surface area contributed by atoms with E-state index < -0.39 is 5.97 Å². The van der Waals surface area contributed by atoms with E-state index in [-0.39, 0.29) is 5.56 Å². The van der Waals surface area contributed by atoms with E-state index in [1.165, 1.54) is 11.3 Å². The first kappa shape index (κ1) is 11.1. The summed E-state index contributed by atoms with van der Waals surface area (Å²) in [6, 6.07) is 6.51. The summed E-state index contributed by atoms with van der Waals surface area (Å²) in [5.74, 6) is -0.927. The zero-order valence-electron chi connectivity index (χ0n) is 7.98. The molecule has 1 heterocycles. The molecule has 0 amide bonds. The van der Waals surface area contributed by atoms with E-state index in [1.54, 1.807) is 24.3 Å². The molecule has 0 aliphatic rings. The maximum absolute atomic E-state index is 10.6. The molecule has 0 fully saturated rings. The third kappa shape index (κ3) is 2.59. The lowest BCUT2D eigenvalue weighted by molar-refractivity contribution is 0.0697. The van der Waals surface area contributed by atoms with Gasteiger partial charge >= 0.3 is 5.97 Å². The molecule has 82 valence electrons. The molecule has 0 saturated heterocycles. The van der Waals surface area contributed by atoms with E-state index in [0.717, 1.165) is 15.4 Å². The zero-order chi connectivity index (χ0) is 11.5. The summed E-state index contributed by atoms with van der Waals surface area (Å²) in [4.78, 5) is 14.8. The molecule has 0 aliphatic carbocycles. The van der Waals surface area contributed by atoms with E-state index in [9.17, 15) is 4.79 Å². The minimum absolute atomic E-state index is 0.269. The molecule has 0 bridgehead atoms. The van der Waals surface area contributed by atoms with Crippen LogP contribution < -0.4 is 5.32 Å². The summed E-state index contributed by atoms with van der Waals surface area (Å²) in [7, 11) is 0. The van der Waals surface area contributed by atoms with Gasteiger partial charge in [0.25, 0.3) is 0 Å². The standard InChI is InChI=1S/C10H7BrN2O2S/c11-8-5-16-10(13-8)12-7-3-1-6(2-4-7)9(14)15/h1-5H,(H,12,13)(H,14,15). The lowest BCUT2D eigenvalue weighted by Crippen LogP contribution is -1.96. The van der Waals surface area contributed by atoms with Gasteiger partial charge in [-0.2, -0.15) is 0 Å². The number of hydrogen-bond acceptors (Lipinski definition) is 4. The van der Waals surface area contributed by atoms with Gasteiger partial charge in [0, 0.05) is 11.1 Å². The Morgan fingerprint density at radius 2 is 2.06 bits per heavy atom. The van der Waals surface area contributed by atoms with Crippen molar-refractivity contribution in [1.29, 1.82) is 0 Å². The van der Waals surface area contributed by atoms with Gasteiger partial charge in [-0.1, -0.05) is 0 Å². The van der Waals surface area contributed by atoms with Crippen molar-refractivity contribution in [2.45, 2.75) is 0 Å². The van der Waals surface area contributed by atoms with Gasteiger partial charge < -0.3 is 10.4 Å². The topological polar surface area (TPSA) is 62.2 Å². The Morgan fingerprint density at radius 1 is 1.38 bits per heavy atom. The van der Waals surface area contributed by atoms with Crippen molar-refractivity contribution < 1.29 is 9.90 Å². The maximum atomic E-state index is 10.6. The Morgan fingerprint density at radius 3 is 2.56 bits per heavy atom. The average Bonchev–Trinajstić information content (AvgIpc) is 2.65. The van der Waals surface area contributed by atoms with Crippen molar-refractivity contribution >= 4 is 44.1 Å². The van der Waals surface area contributed by atoms with Crippen LogP contribution in [0.5, 0.6) is 0 Å². The Hall–Kier alpha value is -1.40. The number of carbonyl (C=O) groups is 1.